The lowest BCUT2D eigenvalue weighted by atomic mass is 9.87. The van der Waals surface area contributed by atoms with Crippen LogP contribution in [0.2, 0.25) is 0 Å². The van der Waals surface area contributed by atoms with Gasteiger partial charge >= 0.3 is 0 Å². The van der Waals surface area contributed by atoms with Crippen LogP contribution in [0.5, 0.6) is 5.75 Å². The van der Waals surface area contributed by atoms with Crippen molar-refractivity contribution in [1.29, 1.82) is 10.5 Å². The lowest BCUT2D eigenvalue weighted by Gasteiger charge is -2.26. The lowest BCUT2D eigenvalue weighted by molar-refractivity contribution is 0.0512. The normalized spacial score (nSPS) is 19.7. The van der Waals surface area contributed by atoms with E-state index in [-0.39, 0.29) is 5.78 Å². The van der Waals surface area contributed by atoms with Crippen LogP contribution in [0.3, 0.4) is 0 Å². The van der Waals surface area contributed by atoms with Crippen LogP contribution in [0.1, 0.15) is 16.8 Å². The highest BCUT2D eigenvalue weighted by Crippen LogP contribution is 2.27. The first-order valence-electron chi connectivity index (χ1n) is 5.84. The van der Waals surface area contributed by atoms with E-state index < -0.39 is 5.60 Å². The van der Waals surface area contributed by atoms with Crippen molar-refractivity contribution in [3.63, 3.8) is 0 Å². The van der Waals surface area contributed by atoms with Crippen LogP contribution < -0.4 is 4.74 Å². The van der Waals surface area contributed by atoms with Crippen LogP contribution in [0, 0.1) is 23.0 Å². The van der Waals surface area contributed by atoms with E-state index in [0.717, 1.165) is 0 Å². The minimum atomic E-state index is -1.29. The van der Waals surface area contributed by atoms with Gasteiger partial charge in [0, 0.05) is 12.0 Å². The van der Waals surface area contributed by atoms with E-state index in [1.54, 1.807) is 36.8 Å². The monoisotopic (exact) mass is 266 g/mol. The number of rotatable bonds is 4. The van der Waals surface area contributed by atoms with Gasteiger partial charge in [-0.05, 0) is 30.3 Å². The number of Topliss-reactive ketones (excluding diaryl/α,β-unsaturated/α-hetero) is 1. The second kappa shape index (κ2) is 5.73. The van der Waals surface area contributed by atoms with Gasteiger partial charge < -0.3 is 9.47 Å². The van der Waals surface area contributed by atoms with Gasteiger partial charge in [0.2, 0.25) is 11.4 Å². The summed E-state index contributed by atoms with van der Waals surface area (Å²) in [6.07, 6.45) is 10.2. The summed E-state index contributed by atoms with van der Waals surface area (Å²) >= 11 is 0. The van der Waals surface area contributed by atoms with Gasteiger partial charge in [-0.25, -0.2) is 0 Å². The predicted octanol–water partition coefficient (Wildman–Crippen LogP) is 2.48. The quantitative estimate of drug-likeness (QED) is 0.617. The van der Waals surface area contributed by atoms with Crippen molar-refractivity contribution in [2.45, 2.75) is 12.0 Å². The molecule has 20 heavy (non-hydrogen) atoms. The Morgan fingerprint density at radius 2 is 1.90 bits per heavy atom. The largest absolute Gasteiger partial charge is 0.408 e. The highest BCUT2D eigenvalue weighted by molar-refractivity contribution is 6.04. The highest BCUT2D eigenvalue weighted by Gasteiger charge is 2.38. The summed E-state index contributed by atoms with van der Waals surface area (Å²) < 4.78 is 9.64. The number of ether oxygens (including phenoxy) is 2. The average Bonchev–Trinajstić information content (AvgIpc) is 2.49. The van der Waals surface area contributed by atoms with Crippen molar-refractivity contribution in [2.75, 3.05) is 0 Å². The SMILES string of the molecule is N#COc1ccc(C(=O)C2(OC#N)C=CC=CC2)cc1. The van der Waals surface area contributed by atoms with E-state index in [1.807, 2.05) is 0 Å². The third kappa shape index (κ3) is 2.52. The van der Waals surface area contributed by atoms with E-state index in [1.165, 1.54) is 24.3 Å². The van der Waals surface area contributed by atoms with Gasteiger partial charge in [-0.15, -0.1) is 5.26 Å². The Morgan fingerprint density at radius 1 is 1.15 bits per heavy atom. The van der Waals surface area contributed by atoms with Gasteiger partial charge in [0.1, 0.15) is 5.75 Å². The number of hydrogen-bond donors (Lipinski definition) is 0. The summed E-state index contributed by atoms with van der Waals surface area (Å²) in [5.41, 5.74) is -0.910. The van der Waals surface area contributed by atoms with E-state index in [9.17, 15) is 4.79 Å². The number of nitriles is 2. The second-order valence-electron chi connectivity index (χ2n) is 4.12. The summed E-state index contributed by atoms with van der Waals surface area (Å²) in [6.45, 7) is 0. The van der Waals surface area contributed by atoms with Crippen LogP contribution in [0.15, 0.2) is 48.6 Å². The molecule has 0 radical (unpaired) electrons. The molecule has 1 aromatic rings. The van der Waals surface area contributed by atoms with Gasteiger partial charge in [-0.3, -0.25) is 4.79 Å². The molecule has 0 heterocycles. The molecule has 0 fully saturated rings. The molecule has 5 nitrogen and oxygen atoms in total. The fourth-order valence-electron chi connectivity index (χ4n) is 1.94. The number of allylic oxidation sites excluding steroid dienone is 2. The zero-order valence-electron chi connectivity index (χ0n) is 10.4. The topological polar surface area (TPSA) is 83.1 Å². The number of nitrogens with zero attached hydrogens (tertiary/aromatic N) is 2. The second-order valence-corrected chi connectivity index (χ2v) is 4.12. The molecule has 1 atom stereocenters. The van der Waals surface area contributed by atoms with Crippen LogP contribution in [-0.2, 0) is 4.74 Å². The van der Waals surface area contributed by atoms with Crippen molar-refractivity contribution in [1.82, 2.24) is 0 Å². The van der Waals surface area contributed by atoms with Crippen LogP contribution in [-0.4, -0.2) is 11.4 Å². The van der Waals surface area contributed by atoms with Gasteiger partial charge in [-0.1, -0.05) is 18.2 Å². The fraction of sp³-hybridized carbons (Fsp3) is 0.133. The maximum absolute atomic E-state index is 12.5. The third-order valence-electron chi connectivity index (χ3n) is 2.93. The molecule has 0 aromatic heterocycles. The highest BCUT2D eigenvalue weighted by atomic mass is 16.5. The molecule has 0 bridgehead atoms. The van der Waals surface area contributed by atoms with Gasteiger partial charge in [-0.2, -0.15) is 5.26 Å². The smallest absolute Gasteiger partial charge is 0.292 e. The Kier molecular flexibility index (Phi) is 3.83. The van der Waals surface area contributed by atoms with Crippen molar-refractivity contribution < 1.29 is 14.3 Å². The molecule has 0 saturated heterocycles. The zero-order chi connectivity index (χ0) is 14.4. The number of carbonyl (C=O) groups excluding carboxylic acids is 1. The van der Waals surface area contributed by atoms with E-state index in [4.69, 9.17) is 15.3 Å². The average molecular weight is 266 g/mol. The molecule has 5 heteroatoms. The molecular formula is C15H10N2O3. The van der Waals surface area contributed by atoms with Crippen molar-refractivity contribution in [3.05, 3.63) is 54.1 Å². The molecule has 1 aliphatic carbocycles. The summed E-state index contributed by atoms with van der Waals surface area (Å²) in [4.78, 5) is 12.5. The Bertz CT molecular complexity index is 647. The maximum Gasteiger partial charge on any atom is 0.292 e. The number of benzene rings is 1. The zero-order valence-corrected chi connectivity index (χ0v) is 10.4. The number of carbonyl (C=O) groups is 1. The van der Waals surface area contributed by atoms with Crippen LogP contribution in [0.25, 0.3) is 0 Å². The van der Waals surface area contributed by atoms with Crippen molar-refractivity contribution >= 4 is 5.78 Å². The molecule has 1 aliphatic rings. The first kappa shape index (κ1) is 13.4. The molecule has 1 unspecified atom stereocenters. The van der Waals surface area contributed by atoms with E-state index in [2.05, 4.69) is 4.74 Å². The minimum absolute atomic E-state index is 0.298. The molecule has 0 aliphatic heterocycles. The standard InChI is InChI=1S/C15H10N2O3/c16-10-19-13-6-4-12(5-7-13)14(18)15(20-11-17)8-2-1-3-9-15/h1-8H,9H2. The van der Waals surface area contributed by atoms with Crippen LogP contribution >= 0.6 is 0 Å². The third-order valence-corrected chi connectivity index (χ3v) is 2.93. The lowest BCUT2D eigenvalue weighted by Crippen LogP contribution is -2.39. The molecule has 0 amide bonds. The molecule has 0 spiro atoms. The predicted molar refractivity (Wildman–Crippen MR) is 69.3 cm³/mol. The maximum atomic E-state index is 12.5. The van der Waals surface area contributed by atoms with Crippen molar-refractivity contribution in [3.8, 4) is 18.3 Å². The van der Waals surface area contributed by atoms with Gasteiger partial charge in [0.15, 0.2) is 0 Å². The number of hydrogen-bond acceptors (Lipinski definition) is 5. The molecule has 1 aromatic carbocycles. The van der Waals surface area contributed by atoms with E-state index >= 15 is 0 Å². The molecule has 98 valence electrons. The Hall–Kier alpha value is -3.05. The van der Waals surface area contributed by atoms with E-state index in [0.29, 0.717) is 17.7 Å². The summed E-state index contributed by atoms with van der Waals surface area (Å²) in [5.74, 6) is 0.0292. The molecule has 0 saturated carbocycles. The van der Waals surface area contributed by atoms with Gasteiger partial charge in [0.25, 0.3) is 12.5 Å². The first-order chi connectivity index (χ1) is 9.72. The molecular weight excluding hydrogens is 256 g/mol. The summed E-state index contributed by atoms with van der Waals surface area (Å²) in [6, 6.07) is 6.09. The summed E-state index contributed by atoms with van der Waals surface area (Å²) in [7, 11) is 0. The minimum Gasteiger partial charge on any atom is -0.408 e. The Labute approximate surface area is 116 Å². The van der Waals surface area contributed by atoms with Crippen LogP contribution in [0.4, 0.5) is 0 Å². The Morgan fingerprint density at radius 3 is 2.45 bits per heavy atom. The van der Waals surface area contributed by atoms with Gasteiger partial charge in [0.05, 0.1) is 0 Å². The molecule has 2 rings (SSSR count). The number of ketones is 1. The van der Waals surface area contributed by atoms with Crippen molar-refractivity contribution in [2.24, 2.45) is 0 Å². The first-order valence-corrected chi connectivity index (χ1v) is 5.84. The molecule has 0 N–H and O–H groups in total. The fourth-order valence-corrected chi connectivity index (χ4v) is 1.94. The Balaban J connectivity index is 2.29. The summed E-state index contributed by atoms with van der Waals surface area (Å²) in [5, 5.41) is 17.2.